The molecule has 2 aliphatic heterocycles. The topological polar surface area (TPSA) is 67.3 Å². The number of rotatable bonds is 8. The largest absolute Gasteiger partial charge is 0.457 e. The average molecular weight is 645 g/mol. The SMILES string of the molecule is F/C(=C\c1ccc(Oc2ccccc2)c(C(F)(F)F)c1N1CCCC2(CCN(CC3CC3)CC2)C1)c1cncc(-c2ccnnc2)n1. The summed E-state index contributed by atoms with van der Waals surface area (Å²) in [4.78, 5) is 12.9. The zero-order chi connectivity index (χ0) is 32.4. The summed E-state index contributed by atoms with van der Waals surface area (Å²) in [5, 5.41) is 7.60. The van der Waals surface area contributed by atoms with Crippen molar-refractivity contribution in [1.29, 1.82) is 0 Å². The summed E-state index contributed by atoms with van der Waals surface area (Å²) in [6, 6.07) is 12.9. The Morgan fingerprint density at radius 3 is 2.47 bits per heavy atom. The van der Waals surface area contributed by atoms with E-state index in [1.54, 1.807) is 36.4 Å². The molecular weight excluding hydrogens is 608 g/mol. The molecule has 0 N–H and O–H groups in total. The molecule has 47 heavy (non-hydrogen) atoms. The van der Waals surface area contributed by atoms with Crippen LogP contribution in [-0.4, -0.2) is 57.8 Å². The highest BCUT2D eigenvalue weighted by molar-refractivity contribution is 5.84. The number of hydrogen-bond acceptors (Lipinski definition) is 7. The maximum atomic E-state index is 16.0. The highest BCUT2D eigenvalue weighted by Crippen LogP contribution is 2.50. The molecule has 4 heterocycles. The second-order valence-electron chi connectivity index (χ2n) is 13.0. The number of anilines is 1. The van der Waals surface area contributed by atoms with E-state index < -0.39 is 17.6 Å². The van der Waals surface area contributed by atoms with Crippen LogP contribution in [0.1, 0.15) is 55.3 Å². The monoisotopic (exact) mass is 644 g/mol. The van der Waals surface area contributed by atoms with Crippen LogP contribution in [0.15, 0.2) is 73.3 Å². The van der Waals surface area contributed by atoms with Crippen LogP contribution in [0.3, 0.4) is 0 Å². The molecular formula is C36H36F4N6O. The van der Waals surface area contributed by atoms with Crippen LogP contribution in [0.5, 0.6) is 11.5 Å². The van der Waals surface area contributed by atoms with Crippen LogP contribution >= 0.6 is 0 Å². The van der Waals surface area contributed by atoms with Crippen molar-refractivity contribution >= 4 is 17.6 Å². The fourth-order valence-corrected chi connectivity index (χ4v) is 6.98. The van der Waals surface area contributed by atoms with E-state index in [1.165, 1.54) is 49.8 Å². The summed E-state index contributed by atoms with van der Waals surface area (Å²) in [7, 11) is 0. The minimum Gasteiger partial charge on any atom is -0.457 e. The van der Waals surface area contributed by atoms with Crippen molar-refractivity contribution in [2.24, 2.45) is 11.3 Å². The lowest BCUT2D eigenvalue weighted by atomic mass is 9.72. The van der Waals surface area contributed by atoms with Crippen molar-refractivity contribution in [3.63, 3.8) is 0 Å². The molecule has 0 bridgehead atoms. The normalized spacial score (nSPS) is 18.8. The third-order valence-electron chi connectivity index (χ3n) is 9.57. The van der Waals surface area contributed by atoms with E-state index >= 15 is 17.6 Å². The summed E-state index contributed by atoms with van der Waals surface area (Å²) in [5.41, 5.74) is -0.106. The van der Waals surface area contributed by atoms with Gasteiger partial charge in [0.2, 0.25) is 0 Å². The van der Waals surface area contributed by atoms with Gasteiger partial charge in [-0.05, 0) is 99.4 Å². The predicted molar refractivity (Wildman–Crippen MR) is 172 cm³/mol. The summed E-state index contributed by atoms with van der Waals surface area (Å²) in [5.74, 6) is -0.0338. The quantitative estimate of drug-likeness (QED) is 0.179. The second kappa shape index (κ2) is 13.0. The van der Waals surface area contributed by atoms with Gasteiger partial charge < -0.3 is 14.5 Å². The fourth-order valence-electron chi connectivity index (χ4n) is 6.98. The molecule has 0 amide bonds. The van der Waals surface area contributed by atoms with Crippen LogP contribution in [-0.2, 0) is 6.18 Å². The molecule has 244 valence electrons. The Morgan fingerprint density at radius 1 is 0.936 bits per heavy atom. The third kappa shape index (κ3) is 7.15. The van der Waals surface area contributed by atoms with E-state index in [1.807, 2.05) is 4.90 Å². The van der Waals surface area contributed by atoms with Crippen LogP contribution in [0, 0.1) is 11.3 Å². The van der Waals surface area contributed by atoms with Crippen LogP contribution < -0.4 is 9.64 Å². The first kappa shape index (κ1) is 31.2. The summed E-state index contributed by atoms with van der Waals surface area (Å²) in [6.07, 6.45) is 8.23. The molecule has 3 aliphatic rings. The molecule has 7 nitrogen and oxygen atoms in total. The number of para-hydroxylation sites is 1. The van der Waals surface area contributed by atoms with Crippen molar-refractivity contribution < 1.29 is 22.3 Å². The molecule has 11 heteroatoms. The number of piperidine rings is 2. The molecule has 1 saturated carbocycles. The molecule has 0 atom stereocenters. The maximum absolute atomic E-state index is 16.0. The third-order valence-corrected chi connectivity index (χ3v) is 9.57. The number of halogens is 4. The van der Waals surface area contributed by atoms with Gasteiger partial charge in [-0.15, -0.1) is 0 Å². The molecule has 7 rings (SSSR count). The zero-order valence-electron chi connectivity index (χ0n) is 26.0. The van der Waals surface area contributed by atoms with Gasteiger partial charge in [-0.2, -0.15) is 23.4 Å². The van der Waals surface area contributed by atoms with Gasteiger partial charge in [0.05, 0.1) is 36.2 Å². The molecule has 3 fully saturated rings. The lowest BCUT2D eigenvalue weighted by Gasteiger charge is -2.49. The Bertz CT molecular complexity index is 1720. The number of aromatic nitrogens is 4. The van der Waals surface area contributed by atoms with Crippen molar-refractivity contribution in [3.05, 3.63) is 90.1 Å². The first-order valence-electron chi connectivity index (χ1n) is 16.2. The first-order valence-corrected chi connectivity index (χ1v) is 16.2. The van der Waals surface area contributed by atoms with Gasteiger partial charge in [0.1, 0.15) is 22.8 Å². The van der Waals surface area contributed by atoms with Gasteiger partial charge in [-0.1, -0.05) is 18.2 Å². The maximum Gasteiger partial charge on any atom is 0.422 e. The second-order valence-corrected chi connectivity index (χ2v) is 13.0. The highest BCUT2D eigenvalue weighted by Gasteiger charge is 2.44. The summed E-state index contributed by atoms with van der Waals surface area (Å²) >= 11 is 0. The molecule has 1 aliphatic carbocycles. The molecule has 4 aromatic rings. The van der Waals surface area contributed by atoms with Crippen LogP contribution in [0.25, 0.3) is 23.2 Å². The highest BCUT2D eigenvalue weighted by atomic mass is 19.4. The Hall–Kier alpha value is -4.38. The van der Waals surface area contributed by atoms with E-state index in [9.17, 15) is 0 Å². The molecule has 0 unspecified atom stereocenters. The van der Waals surface area contributed by atoms with Crippen molar-refractivity contribution in [3.8, 4) is 22.8 Å². The molecule has 2 saturated heterocycles. The first-order chi connectivity index (χ1) is 22.8. The van der Waals surface area contributed by atoms with E-state index in [2.05, 4.69) is 25.1 Å². The van der Waals surface area contributed by atoms with Crippen LogP contribution in [0.2, 0.25) is 0 Å². The number of hydrogen-bond donors (Lipinski definition) is 0. The van der Waals surface area contributed by atoms with Gasteiger partial charge in [0, 0.05) is 30.8 Å². The zero-order valence-corrected chi connectivity index (χ0v) is 26.0. The average Bonchev–Trinajstić information content (AvgIpc) is 3.91. The number of nitrogens with zero attached hydrogens (tertiary/aromatic N) is 6. The number of alkyl halides is 3. The number of benzene rings is 2. The fraction of sp³-hybridized carbons (Fsp3) is 0.389. The lowest BCUT2D eigenvalue weighted by molar-refractivity contribution is -0.138. The predicted octanol–water partition coefficient (Wildman–Crippen LogP) is 8.30. The standard InChI is InChI=1S/C36H36F4N6O/c37-29(31-22-41-21-30(44-31)27-11-15-42-43-20-27)19-26-9-10-32(47-28-5-2-1-3-6-28)33(36(38,39)40)34(26)46-16-4-12-35(24-46)13-17-45(18-14-35)23-25-7-8-25/h1-3,5-6,9-11,15,19-22,25H,4,7-8,12-14,16-18,23-24H2/b29-19-. The van der Waals surface area contributed by atoms with E-state index in [-0.39, 0.29) is 33.9 Å². The molecule has 2 aromatic carbocycles. The summed E-state index contributed by atoms with van der Waals surface area (Å²) < 4.78 is 67.5. The van der Waals surface area contributed by atoms with E-state index in [4.69, 9.17) is 4.74 Å². The van der Waals surface area contributed by atoms with Crippen molar-refractivity contribution in [1.82, 2.24) is 25.1 Å². The van der Waals surface area contributed by atoms with Gasteiger partial charge in [-0.3, -0.25) is 4.98 Å². The minimum atomic E-state index is -4.77. The summed E-state index contributed by atoms with van der Waals surface area (Å²) in [6.45, 7) is 3.92. The van der Waals surface area contributed by atoms with Gasteiger partial charge in [0.15, 0.2) is 5.83 Å². The Morgan fingerprint density at radius 2 is 1.74 bits per heavy atom. The van der Waals surface area contributed by atoms with Gasteiger partial charge in [-0.25, -0.2) is 9.37 Å². The molecule has 2 aromatic heterocycles. The van der Waals surface area contributed by atoms with Gasteiger partial charge >= 0.3 is 6.18 Å². The van der Waals surface area contributed by atoms with Crippen molar-refractivity contribution in [2.45, 2.75) is 44.7 Å². The Balaban J connectivity index is 1.28. The van der Waals surface area contributed by atoms with Crippen molar-refractivity contribution in [2.75, 3.05) is 37.6 Å². The Labute approximate surface area is 271 Å². The number of ether oxygens (including phenoxy) is 1. The Kier molecular flexibility index (Phi) is 8.65. The van der Waals surface area contributed by atoms with Crippen LogP contribution in [0.4, 0.5) is 23.2 Å². The smallest absolute Gasteiger partial charge is 0.422 e. The van der Waals surface area contributed by atoms with E-state index in [0.717, 1.165) is 57.3 Å². The van der Waals surface area contributed by atoms with E-state index in [0.29, 0.717) is 24.3 Å². The lowest BCUT2D eigenvalue weighted by Crippen LogP contribution is -2.50. The number of likely N-dealkylation sites (tertiary alicyclic amines) is 1. The molecule has 1 spiro atoms. The molecule has 0 radical (unpaired) electrons. The minimum absolute atomic E-state index is 0.0667. The van der Waals surface area contributed by atoms with Gasteiger partial charge in [0.25, 0.3) is 0 Å².